The summed E-state index contributed by atoms with van der Waals surface area (Å²) in [4.78, 5) is 6.99. The molecule has 2 nitrogen and oxygen atoms in total. The van der Waals surface area contributed by atoms with Gasteiger partial charge < -0.3 is 4.98 Å². The summed E-state index contributed by atoms with van der Waals surface area (Å²) in [6.07, 6.45) is 3.55. The van der Waals surface area contributed by atoms with Crippen molar-refractivity contribution in [1.29, 1.82) is 0 Å². The minimum absolute atomic E-state index is 0.866. The molecular formula is C5H7N2S2. The molecule has 0 unspecified atom stereocenters. The van der Waals surface area contributed by atoms with E-state index in [1.54, 1.807) is 27.8 Å². The third-order valence-corrected chi connectivity index (χ3v) is 2.69. The quantitative estimate of drug-likeness (QED) is 0.684. The van der Waals surface area contributed by atoms with Crippen molar-refractivity contribution in [3.05, 3.63) is 19.3 Å². The third-order valence-electron chi connectivity index (χ3n) is 0.694. The van der Waals surface area contributed by atoms with Crippen LogP contribution in [0.3, 0.4) is 0 Å². The zero-order valence-electron chi connectivity index (χ0n) is 4.83. The van der Waals surface area contributed by atoms with Crippen LogP contribution in [0.4, 0.5) is 0 Å². The van der Waals surface area contributed by atoms with Crippen molar-refractivity contribution in [2.45, 2.75) is 5.16 Å². The van der Waals surface area contributed by atoms with Gasteiger partial charge in [-0.25, -0.2) is 4.98 Å². The van der Waals surface area contributed by atoms with Gasteiger partial charge in [0.25, 0.3) is 0 Å². The first kappa shape index (κ1) is 7.02. The number of hydrogen-bond donors (Lipinski definition) is 1. The molecule has 4 heteroatoms. The highest BCUT2D eigenvalue weighted by Crippen LogP contribution is 2.26. The van der Waals surface area contributed by atoms with E-state index in [0.29, 0.717) is 0 Å². The number of nitrogens with one attached hydrogen (secondary N) is 1. The molecule has 1 aromatic heterocycles. The summed E-state index contributed by atoms with van der Waals surface area (Å²) in [5.74, 6) is 0.866. The Morgan fingerprint density at radius 2 is 2.67 bits per heavy atom. The van der Waals surface area contributed by atoms with Gasteiger partial charge in [0.1, 0.15) is 0 Å². The topological polar surface area (TPSA) is 28.7 Å². The Hall–Kier alpha value is -0.0900. The molecule has 49 valence electrons. The first-order valence-corrected chi connectivity index (χ1v) is 4.83. The van der Waals surface area contributed by atoms with Crippen molar-refractivity contribution in [1.82, 2.24) is 9.97 Å². The lowest BCUT2D eigenvalue weighted by Crippen LogP contribution is -1.68. The monoisotopic (exact) mass is 159 g/mol. The number of nitrogens with zero attached hydrogens (tertiary/aromatic N) is 1. The van der Waals surface area contributed by atoms with Gasteiger partial charge in [0.15, 0.2) is 5.16 Å². The maximum Gasteiger partial charge on any atom is 0.176 e. The molecular weight excluding hydrogens is 152 g/mol. The number of rotatable bonds is 3. The largest absolute Gasteiger partial charge is 0.339 e. The molecule has 1 rings (SSSR count). The molecule has 0 atom stereocenters. The van der Waals surface area contributed by atoms with Crippen molar-refractivity contribution >= 4 is 21.6 Å². The van der Waals surface area contributed by atoms with Gasteiger partial charge in [0, 0.05) is 18.1 Å². The van der Waals surface area contributed by atoms with Crippen LogP contribution in [0.2, 0.25) is 0 Å². The van der Waals surface area contributed by atoms with Crippen molar-refractivity contribution in [3.8, 4) is 0 Å². The van der Waals surface area contributed by atoms with E-state index in [9.17, 15) is 0 Å². The fraction of sp³-hybridized carbons (Fsp3) is 0.200. The predicted octanol–water partition coefficient (Wildman–Crippen LogP) is 1.98. The Morgan fingerprint density at radius 3 is 3.22 bits per heavy atom. The van der Waals surface area contributed by atoms with E-state index in [0.717, 1.165) is 10.9 Å². The molecule has 0 aliphatic heterocycles. The van der Waals surface area contributed by atoms with Crippen LogP contribution in [0.15, 0.2) is 17.6 Å². The Bertz CT molecular complexity index is 150. The first-order chi connectivity index (χ1) is 4.43. The summed E-state index contributed by atoms with van der Waals surface area (Å²) in [6.45, 7) is 3.69. The molecule has 1 N–H and O–H groups in total. The van der Waals surface area contributed by atoms with Gasteiger partial charge in [-0.1, -0.05) is 10.8 Å². The van der Waals surface area contributed by atoms with E-state index in [4.69, 9.17) is 0 Å². The summed E-state index contributed by atoms with van der Waals surface area (Å²) in [6, 6.07) is 0. The van der Waals surface area contributed by atoms with Gasteiger partial charge in [0.05, 0.1) is 0 Å². The van der Waals surface area contributed by atoms with Crippen molar-refractivity contribution < 1.29 is 0 Å². The Kier molecular flexibility index (Phi) is 3.00. The lowest BCUT2D eigenvalue weighted by Gasteiger charge is -1.89. The zero-order chi connectivity index (χ0) is 6.53. The highest BCUT2D eigenvalue weighted by molar-refractivity contribution is 8.76. The Labute approximate surface area is 62.2 Å². The molecule has 0 saturated heterocycles. The summed E-state index contributed by atoms with van der Waals surface area (Å²) >= 11 is 0. The fourth-order valence-corrected chi connectivity index (χ4v) is 1.67. The number of hydrogen-bond acceptors (Lipinski definition) is 3. The normalized spacial score (nSPS) is 9.89. The van der Waals surface area contributed by atoms with Gasteiger partial charge in [-0.05, 0) is 17.7 Å². The molecule has 0 amide bonds. The van der Waals surface area contributed by atoms with Crippen LogP contribution >= 0.6 is 21.6 Å². The molecule has 0 fully saturated rings. The zero-order valence-corrected chi connectivity index (χ0v) is 6.47. The maximum atomic E-state index is 4.01. The standard InChI is InChI=1S/C5H7N2S2/c1-2-8-9-5-6-3-4-7-5/h3-4H,1-2H2,(H,6,7). The lowest BCUT2D eigenvalue weighted by atomic mass is 11.0. The van der Waals surface area contributed by atoms with E-state index >= 15 is 0 Å². The second kappa shape index (κ2) is 3.85. The van der Waals surface area contributed by atoms with Crippen LogP contribution in [0.25, 0.3) is 0 Å². The van der Waals surface area contributed by atoms with E-state index in [-0.39, 0.29) is 0 Å². The summed E-state index contributed by atoms with van der Waals surface area (Å²) in [5.41, 5.74) is 0. The van der Waals surface area contributed by atoms with Gasteiger partial charge in [-0.15, -0.1) is 0 Å². The van der Waals surface area contributed by atoms with E-state index in [1.807, 2.05) is 6.20 Å². The summed E-state index contributed by atoms with van der Waals surface area (Å²) in [5, 5.41) is 0.948. The maximum absolute atomic E-state index is 4.01. The van der Waals surface area contributed by atoms with Crippen LogP contribution in [-0.4, -0.2) is 15.7 Å². The Morgan fingerprint density at radius 1 is 1.78 bits per heavy atom. The average molecular weight is 159 g/mol. The molecule has 0 saturated carbocycles. The van der Waals surface area contributed by atoms with E-state index in [2.05, 4.69) is 16.9 Å². The molecule has 0 aromatic carbocycles. The van der Waals surface area contributed by atoms with Crippen molar-refractivity contribution in [2.24, 2.45) is 0 Å². The second-order valence-corrected chi connectivity index (χ2v) is 3.70. The molecule has 0 spiro atoms. The molecule has 0 bridgehead atoms. The van der Waals surface area contributed by atoms with Crippen LogP contribution in [0, 0.1) is 6.92 Å². The van der Waals surface area contributed by atoms with Gasteiger partial charge >= 0.3 is 0 Å². The van der Waals surface area contributed by atoms with E-state index in [1.165, 1.54) is 0 Å². The molecule has 1 radical (unpaired) electrons. The fourth-order valence-electron chi connectivity index (χ4n) is 0.394. The predicted molar refractivity (Wildman–Crippen MR) is 42.3 cm³/mol. The van der Waals surface area contributed by atoms with Crippen LogP contribution < -0.4 is 0 Å². The van der Waals surface area contributed by atoms with Gasteiger partial charge in [-0.3, -0.25) is 0 Å². The highest BCUT2D eigenvalue weighted by Gasteiger charge is 1.91. The van der Waals surface area contributed by atoms with Crippen LogP contribution in [0.1, 0.15) is 0 Å². The number of imidazole rings is 1. The minimum Gasteiger partial charge on any atom is -0.339 e. The van der Waals surface area contributed by atoms with Crippen LogP contribution in [-0.2, 0) is 0 Å². The van der Waals surface area contributed by atoms with E-state index < -0.39 is 0 Å². The molecule has 0 aliphatic rings. The lowest BCUT2D eigenvalue weighted by molar-refractivity contribution is 1.07. The molecule has 1 aromatic rings. The Balaban J connectivity index is 2.30. The molecule has 1 heterocycles. The summed E-state index contributed by atoms with van der Waals surface area (Å²) in [7, 11) is 3.29. The van der Waals surface area contributed by atoms with Crippen LogP contribution in [0.5, 0.6) is 0 Å². The third kappa shape index (κ3) is 2.32. The smallest absolute Gasteiger partial charge is 0.176 e. The SMILES string of the molecule is [CH2]CSSc1ncc[nH]1. The second-order valence-electron chi connectivity index (χ2n) is 1.30. The van der Waals surface area contributed by atoms with Crippen molar-refractivity contribution in [3.63, 3.8) is 0 Å². The first-order valence-electron chi connectivity index (χ1n) is 2.51. The molecule has 9 heavy (non-hydrogen) atoms. The number of aromatic amines is 1. The van der Waals surface area contributed by atoms with Gasteiger partial charge in [-0.2, -0.15) is 0 Å². The molecule has 0 aliphatic carbocycles. The number of aromatic nitrogens is 2. The minimum atomic E-state index is 0.866. The van der Waals surface area contributed by atoms with Gasteiger partial charge in [0.2, 0.25) is 0 Å². The average Bonchev–Trinajstić information content (AvgIpc) is 2.34. The summed E-state index contributed by atoms with van der Waals surface area (Å²) < 4.78 is 0. The highest BCUT2D eigenvalue weighted by atomic mass is 33.1. The number of H-pyrrole nitrogens is 1. The van der Waals surface area contributed by atoms with Crippen molar-refractivity contribution in [2.75, 3.05) is 5.75 Å².